The maximum atomic E-state index is 13.0. The standard InChI is InChI=1S/C18H23NO4S/c1-12-5-8-14(9-6-12)24(21,22)16-11-13-7-10-15(16)19(13)17(20)23-18(2,3)4/h5-10,13,15-16H,11H2,1-4H3/t13-,15+,16-/m1/s1. The highest BCUT2D eigenvalue weighted by Gasteiger charge is 2.52. The quantitative estimate of drug-likeness (QED) is 0.770. The molecular weight excluding hydrogens is 326 g/mol. The van der Waals surface area contributed by atoms with Crippen LogP contribution in [0.5, 0.6) is 0 Å². The first kappa shape index (κ1) is 17.0. The van der Waals surface area contributed by atoms with Crippen LogP contribution in [0, 0.1) is 6.92 Å². The van der Waals surface area contributed by atoms with Gasteiger partial charge in [0.25, 0.3) is 0 Å². The maximum Gasteiger partial charge on any atom is 0.411 e. The van der Waals surface area contributed by atoms with E-state index in [0.29, 0.717) is 11.3 Å². The fraction of sp³-hybridized carbons (Fsp3) is 0.500. The molecule has 1 aromatic rings. The lowest BCUT2D eigenvalue weighted by Gasteiger charge is -2.28. The summed E-state index contributed by atoms with van der Waals surface area (Å²) in [5.74, 6) is 0. The molecule has 0 aromatic heterocycles. The Morgan fingerprint density at radius 3 is 2.38 bits per heavy atom. The first-order valence-corrected chi connectivity index (χ1v) is 9.64. The van der Waals surface area contributed by atoms with Crippen LogP contribution >= 0.6 is 0 Å². The summed E-state index contributed by atoms with van der Waals surface area (Å²) in [7, 11) is -3.50. The van der Waals surface area contributed by atoms with Gasteiger partial charge in [-0.3, -0.25) is 4.90 Å². The van der Waals surface area contributed by atoms with Crippen LogP contribution < -0.4 is 0 Å². The second-order valence-electron chi connectivity index (χ2n) is 7.46. The first-order chi connectivity index (χ1) is 11.1. The van der Waals surface area contributed by atoms with Crippen LogP contribution in [0.25, 0.3) is 0 Å². The van der Waals surface area contributed by atoms with E-state index in [4.69, 9.17) is 4.74 Å². The number of nitrogens with zero attached hydrogens (tertiary/aromatic N) is 1. The zero-order valence-corrected chi connectivity index (χ0v) is 15.2. The number of carbonyl (C=O) groups excluding carboxylic acids is 1. The Kier molecular flexibility index (Phi) is 3.98. The molecule has 1 amide bonds. The molecule has 5 nitrogen and oxygen atoms in total. The van der Waals surface area contributed by atoms with E-state index < -0.39 is 32.8 Å². The zero-order valence-electron chi connectivity index (χ0n) is 14.4. The summed E-state index contributed by atoms with van der Waals surface area (Å²) in [5, 5.41) is -0.622. The molecule has 0 spiro atoms. The average Bonchev–Trinajstić information content (AvgIpc) is 3.04. The number of carbonyl (C=O) groups is 1. The number of sulfone groups is 1. The highest BCUT2D eigenvalue weighted by atomic mass is 32.2. The Bertz CT molecular complexity index is 774. The van der Waals surface area contributed by atoms with E-state index in [-0.39, 0.29) is 6.04 Å². The van der Waals surface area contributed by atoms with Crippen molar-refractivity contribution in [2.45, 2.75) is 61.9 Å². The molecule has 130 valence electrons. The molecule has 2 aliphatic heterocycles. The third-order valence-electron chi connectivity index (χ3n) is 4.42. The monoisotopic (exact) mass is 349 g/mol. The van der Waals surface area contributed by atoms with Gasteiger partial charge in [-0.25, -0.2) is 13.2 Å². The lowest BCUT2D eigenvalue weighted by molar-refractivity contribution is 0.0233. The van der Waals surface area contributed by atoms with Gasteiger partial charge < -0.3 is 4.74 Å². The molecule has 0 radical (unpaired) electrons. The van der Waals surface area contributed by atoms with Gasteiger partial charge in [0.05, 0.1) is 22.2 Å². The fourth-order valence-electron chi connectivity index (χ4n) is 3.31. The Labute approximate surface area is 143 Å². The minimum atomic E-state index is -3.50. The van der Waals surface area contributed by atoms with Crippen molar-refractivity contribution in [1.29, 1.82) is 0 Å². The lowest BCUT2D eigenvalue weighted by atomic mass is 10.1. The van der Waals surface area contributed by atoms with Crippen molar-refractivity contribution in [3.8, 4) is 0 Å². The van der Waals surface area contributed by atoms with Gasteiger partial charge in [-0.05, 0) is 46.2 Å². The SMILES string of the molecule is Cc1ccc(S(=O)(=O)[C@@H]2C[C@H]3C=C[C@@H]2N3C(=O)OC(C)(C)C)cc1. The molecular formula is C18H23NO4S. The summed E-state index contributed by atoms with van der Waals surface area (Å²) in [6.07, 6.45) is 3.67. The van der Waals surface area contributed by atoms with Crippen molar-refractivity contribution in [1.82, 2.24) is 4.90 Å². The molecule has 0 aliphatic carbocycles. The predicted molar refractivity (Wildman–Crippen MR) is 91.6 cm³/mol. The lowest BCUT2D eigenvalue weighted by Crippen LogP contribution is -2.43. The molecule has 0 saturated carbocycles. The Hall–Kier alpha value is -1.82. The molecule has 1 aromatic carbocycles. The summed E-state index contributed by atoms with van der Waals surface area (Å²) < 4.78 is 31.4. The number of fused-ring (bicyclic) bond motifs is 2. The second kappa shape index (κ2) is 5.62. The Balaban J connectivity index is 1.86. The zero-order chi connectivity index (χ0) is 17.7. The van der Waals surface area contributed by atoms with Crippen LogP contribution in [-0.2, 0) is 14.6 Å². The van der Waals surface area contributed by atoms with E-state index in [0.717, 1.165) is 5.56 Å². The van der Waals surface area contributed by atoms with Crippen molar-refractivity contribution >= 4 is 15.9 Å². The van der Waals surface area contributed by atoms with E-state index in [9.17, 15) is 13.2 Å². The normalized spacial score (nSPS) is 26.0. The molecule has 24 heavy (non-hydrogen) atoms. The van der Waals surface area contributed by atoms with Crippen LogP contribution in [0.4, 0.5) is 4.79 Å². The summed E-state index contributed by atoms with van der Waals surface area (Å²) in [6, 6.07) is 6.19. The first-order valence-electron chi connectivity index (χ1n) is 8.10. The van der Waals surface area contributed by atoms with Gasteiger partial charge in [-0.15, -0.1) is 0 Å². The molecule has 1 fully saturated rings. The van der Waals surface area contributed by atoms with Crippen LogP contribution in [0.1, 0.15) is 32.8 Å². The number of ether oxygens (including phenoxy) is 1. The number of aryl methyl sites for hydroxylation is 1. The third-order valence-corrected chi connectivity index (χ3v) is 6.61. The van der Waals surface area contributed by atoms with E-state index in [1.165, 1.54) is 0 Å². The van der Waals surface area contributed by atoms with Gasteiger partial charge >= 0.3 is 6.09 Å². The third kappa shape index (κ3) is 2.95. The molecule has 6 heteroatoms. The van der Waals surface area contributed by atoms with E-state index >= 15 is 0 Å². The van der Waals surface area contributed by atoms with Crippen molar-refractivity contribution in [3.05, 3.63) is 42.0 Å². The molecule has 3 atom stereocenters. The molecule has 2 bridgehead atoms. The van der Waals surface area contributed by atoms with E-state index in [2.05, 4.69) is 0 Å². The van der Waals surface area contributed by atoms with Crippen LogP contribution in [0.2, 0.25) is 0 Å². The molecule has 0 unspecified atom stereocenters. The smallest absolute Gasteiger partial charge is 0.411 e. The average molecular weight is 349 g/mol. The second-order valence-corrected chi connectivity index (χ2v) is 9.63. The van der Waals surface area contributed by atoms with Crippen LogP contribution in [-0.4, -0.2) is 42.3 Å². The predicted octanol–water partition coefficient (Wildman–Crippen LogP) is 3.09. The molecule has 2 heterocycles. The van der Waals surface area contributed by atoms with Gasteiger partial charge in [0.1, 0.15) is 5.60 Å². The van der Waals surface area contributed by atoms with E-state index in [1.54, 1.807) is 49.9 Å². The van der Waals surface area contributed by atoms with Crippen molar-refractivity contribution in [2.24, 2.45) is 0 Å². The van der Waals surface area contributed by atoms with Crippen LogP contribution in [0.3, 0.4) is 0 Å². The van der Waals surface area contributed by atoms with Gasteiger partial charge in [-0.1, -0.05) is 29.8 Å². The van der Waals surface area contributed by atoms with Crippen molar-refractivity contribution in [2.75, 3.05) is 0 Å². The summed E-state index contributed by atoms with van der Waals surface area (Å²) in [6.45, 7) is 7.32. The highest BCUT2D eigenvalue weighted by Crippen LogP contribution is 2.39. The topological polar surface area (TPSA) is 63.7 Å². The largest absolute Gasteiger partial charge is 0.444 e. The maximum absolute atomic E-state index is 13.0. The fourth-order valence-corrected chi connectivity index (χ4v) is 5.21. The molecule has 0 N–H and O–H groups in total. The van der Waals surface area contributed by atoms with Gasteiger partial charge in [0, 0.05) is 0 Å². The minimum Gasteiger partial charge on any atom is -0.444 e. The molecule has 3 rings (SSSR count). The summed E-state index contributed by atoms with van der Waals surface area (Å²) >= 11 is 0. The Morgan fingerprint density at radius 1 is 1.17 bits per heavy atom. The summed E-state index contributed by atoms with van der Waals surface area (Å²) in [4.78, 5) is 14.3. The van der Waals surface area contributed by atoms with Crippen molar-refractivity contribution in [3.63, 3.8) is 0 Å². The highest BCUT2D eigenvalue weighted by molar-refractivity contribution is 7.92. The molecule has 1 saturated heterocycles. The number of amides is 1. The number of rotatable bonds is 2. The molecule has 2 aliphatic rings. The number of hydrogen-bond acceptors (Lipinski definition) is 4. The minimum absolute atomic E-state index is 0.213. The summed E-state index contributed by atoms with van der Waals surface area (Å²) in [5.41, 5.74) is 0.405. The van der Waals surface area contributed by atoms with Crippen LogP contribution in [0.15, 0.2) is 41.3 Å². The number of benzene rings is 1. The van der Waals surface area contributed by atoms with Gasteiger partial charge in [0.2, 0.25) is 0 Å². The van der Waals surface area contributed by atoms with E-state index in [1.807, 2.05) is 19.1 Å². The van der Waals surface area contributed by atoms with Gasteiger partial charge in [-0.2, -0.15) is 0 Å². The van der Waals surface area contributed by atoms with Crippen molar-refractivity contribution < 1.29 is 17.9 Å². The Morgan fingerprint density at radius 2 is 1.79 bits per heavy atom. The van der Waals surface area contributed by atoms with Gasteiger partial charge in [0.15, 0.2) is 9.84 Å². The number of hydrogen-bond donors (Lipinski definition) is 0.